The van der Waals surface area contributed by atoms with E-state index in [0.717, 1.165) is 13.8 Å². The summed E-state index contributed by atoms with van der Waals surface area (Å²) in [5.74, 6) is -1.67. The highest BCUT2D eigenvalue weighted by atomic mass is 16.4. The van der Waals surface area contributed by atoms with Gasteiger partial charge in [0.2, 0.25) is 0 Å². The minimum absolute atomic E-state index is 0.833. The van der Waals surface area contributed by atoms with Crippen molar-refractivity contribution in [2.45, 2.75) is 13.8 Å². The van der Waals surface area contributed by atoms with E-state index in [1.54, 1.807) is 0 Å². The highest BCUT2D eigenvalue weighted by Gasteiger charge is 1.65. The first-order valence-electron chi connectivity index (χ1n) is 2.26. The zero-order chi connectivity index (χ0) is 9.86. The molecule has 0 rings (SSSR count). The molecule has 2 N–H and O–H groups in total. The van der Waals surface area contributed by atoms with Crippen molar-refractivity contribution in [2.24, 2.45) is 0 Å². The average Bonchev–Trinajstić information content (AvgIpc) is 1.60. The van der Waals surface area contributed by atoms with Gasteiger partial charge in [-0.05, 0) is 0 Å². The third-order valence-corrected chi connectivity index (χ3v) is 0. The molecule has 0 spiro atoms. The van der Waals surface area contributed by atoms with Crippen LogP contribution in [0.25, 0.3) is 16.0 Å². The Morgan fingerprint density at radius 1 is 1.09 bits per heavy atom. The van der Waals surface area contributed by atoms with E-state index in [-0.39, 0.29) is 0 Å². The summed E-state index contributed by atoms with van der Waals surface area (Å²) in [6, 6.07) is 0. The maximum Gasteiger partial charge on any atom is 0.300 e. The van der Waals surface area contributed by atoms with Crippen molar-refractivity contribution >= 4 is 11.9 Å². The zero-order valence-corrected chi connectivity index (χ0v) is 6.05. The van der Waals surface area contributed by atoms with E-state index in [1.165, 1.54) is 4.91 Å². The molecule has 0 unspecified atom stereocenters. The van der Waals surface area contributed by atoms with Crippen LogP contribution in [0.1, 0.15) is 13.8 Å². The molecule has 0 aliphatic carbocycles. The molecular formula is C4H8N3O4-. The summed E-state index contributed by atoms with van der Waals surface area (Å²) in [6.45, 7) is 2.17. The van der Waals surface area contributed by atoms with Crippen LogP contribution in [0.2, 0.25) is 0 Å². The van der Waals surface area contributed by atoms with Gasteiger partial charge in [0.05, 0.1) is 0 Å². The van der Waals surface area contributed by atoms with Crippen molar-refractivity contribution in [3.8, 4) is 0 Å². The lowest BCUT2D eigenvalue weighted by atomic mass is 10.9. The Morgan fingerprint density at radius 3 is 1.09 bits per heavy atom. The Balaban J connectivity index is -0.0000000886. The number of carboxylic acids is 2. The van der Waals surface area contributed by atoms with E-state index >= 15 is 0 Å². The Bertz CT molecular complexity index is 129. The highest BCUT2D eigenvalue weighted by molar-refractivity contribution is 5.63. The topological polar surface area (TPSA) is 133 Å². The number of nitrogens with zero attached hydrogens (tertiary/aromatic N) is 3. The van der Waals surface area contributed by atoms with Gasteiger partial charge in [-0.25, -0.2) is 0 Å². The van der Waals surface area contributed by atoms with E-state index < -0.39 is 11.9 Å². The molecule has 0 bridgehead atoms. The van der Waals surface area contributed by atoms with Crippen LogP contribution in [0.5, 0.6) is 0 Å². The third-order valence-electron chi connectivity index (χ3n) is 0. The zero-order valence-electron chi connectivity index (χ0n) is 6.05. The van der Waals surface area contributed by atoms with Crippen LogP contribution in [-0.2, 0) is 9.59 Å². The summed E-state index contributed by atoms with van der Waals surface area (Å²) in [4.78, 5) is 19.5. The van der Waals surface area contributed by atoms with E-state index in [4.69, 9.17) is 30.9 Å². The lowest BCUT2D eigenvalue weighted by Crippen LogP contribution is -1.78. The Labute approximate surface area is 62.7 Å². The van der Waals surface area contributed by atoms with Crippen molar-refractivity contribution in [1.29, 1.82) is 0 Å². The SMILES string of the molecule is CC(=O)O.CC(=O)O.[N-]=[N+]=[N-]. The summed E-state index contributed by atoms with van der Waals surface area (Å²) < 4.78 is 0. The van der Waals surface area contributed by atoms with Gasteiger partial charge in [0.25, 0.3) is 11.9 Å². The number of rotatable bonds is 0. The van der Waals surface area contributed by atoms with Crippen molar-refractivity contribution in [1.82, 2.24) is 0 Å². The van der Waals surface area contributed by atoms with Crippen LogP contribution >= 0.6 is 0 Å². The molecule has 0 aromatic heterocycles. The standard InChI is InChI=1S/2C2H4O2.N3/c2*1-2(3)4;1-3-2/h2*1H3,(H,3,4);/q;;-1. The number of hydrogen-bond donors (Lipinski definition) is 2. The normalized spacial score (nSPS) is 5.27. The van der Waals surface area contributed by atoms with Crippen LogP contribution in [-0.4, -0.2) is 22.2 Å². The van der Waals surface area contributed by atoms with Gasteiger partial charge in [-0.3, -0.25) is 14.5 Å². The van der Waals surface area contributed by atoms with Crippen molar-refractivity contribution in [3.63, 3.8) is 0 Å². The summed E-state index contributed by atoms with van der Waals surface area (Å²) >= 11 is 0. The van der Waals surface area contributed by atoms with Gasteiger partial charge in [0.1, 0.15) is 0 Å². The van der Waals surface area contributed by atoms with Crippen LogP contribution in [0.3, 0.4) is 0 Å². The van der Waals surface area contributed by atoms with Gasteiger partial charge in [0.15, 0.2) is 0 Å². The predicted octanol–water partition coefficient (Wildman–Crippen LogP) is 1.05. The fourth-order valence-corrected chi connectivity index (χ4v) is 0. The van der Waals surface area contributed by atoms with Crippen molar-refractivity contribution < 1.29 is 19.8 Å². The minimum atomic E-state index is -0.833. The van der Waals surface area contributed by atoms with Crippen molar-refractivity contribution in [2.75, 3.05) is 0 Å². The molecule has 0 saturated heterocycles. The Kier molecular flexibility index (Phi) is 23.1. The molecule has 0 amide bonds. The lowest BCUT2D eigenvalue weighted by Gasteiger charge is -1.59. The van der Waals surface area contributed by atoms with Crippen LogP contribution in [0.4, 0.5) is 0 Å². The molecule has 0 atom stereocenters. The van der Waals surface area contributed by atoms with Crippen molar-refractivity contribution in [3.05, 3.63) is 16.0 Å². The maximum atomic E-state index is 9.00. The largest absolute Gasteiger partial charge is 0.481 e. The second kappa shape index (κ2) is 15.7. The van der Waals surface area contributed by atoms with Crippen LogP contribution in [0, 0.1) is 0 Å². The maximum absolute atomic E-state index is 9.00. The number of carbonyl (C=O) groups is 2. The molecule has 0 fully saturated rings. The Hall–Kier alpha value is -1.75. The van der Waals surface area contributed by atoms with E-state index in [0.29, 0.717) is 0 Å². The lowest BCUT2D eigenvalue weighted by molar-refractivity contribution is -0.135. The molecule has 0 saturated carbocycles. The van der Waals surface area contributed by atoms with Gasteiger partial charge in [-0.2, -0.15) is 0 Å². The molecule has 7 nitrogen and oxygen atoms in total. The fraction of sp³-hybridized carbons (Fsp3) is 0.500. The Morgan fingerprint density at radius 2 is 1.09 bits per heavy atom. The molecule has 7 heteroatoms. The molecular weight excluding hydrogens is 154 g/mol. The molecule has 0 aliphatic rings. The summed E-state index contributed by atoms with van der Waals surface area (Å²) in [6.07, 6.45) is 0. The second-order valence-corrected chi connectivity index (χ2v) is 1.13. The smallest absolute Gasteiger partial charge is 0.300 e. The molecule has 0 aromatic carbocycles. The van der Waals surface area contributed by atoms with E-state index in [2.05, 4.69) is 0 Å². The first-order chi connectivity index (χ1) is 4.88. The summed E-state index contributed by atoms with van der Waals surface area (Å²) in [7, 11) is 0. The summed E-state index contributed by atoms with van der Waals surface area (Å²) in [5, 5.41) is 14.8. The number of aliphatic carboxylic acids is 2. The molecule has 0 aromatic rings. The molecule has 0 heterocycles. The van der Waals surface area contributed by atoms with Gasteiger partial charge < -0.3 is 21.3 Å². The number of carboxylic acid groups (broad SMARTS) is 2. The third kappa shape index (κ3) is 105. The first kappa shape index (κ1) is 16.1. The monoisotopic (exact) mass is 162 g/mol. The highest BCUT2D eigenvalue weighted by Crippen LogP contribution is 1.42. The van der Waals surface area contributed by atoms with Crippen LogP contribution in [0.15, 0.2) is 0 Å². The molecule has 0 radical (unpaired) electrons. The first-order valence-corrected chi connectivity index (χ1v) is 2.26. The van der Waals surface area contributed by atoms with Gasteiger partial charge in [0, 0.05) is 13.8 Å². The molecule has 64 valence electrons. The fourth-order valence-electron chi connectivity index (χ4n) is 0. The predicted molar refractivity (Wildman–Crippen MR) is 36.7 cm³/mol. The van der Waals surface area contributed by atoms with Gasteiger partial charge >= 0.3 is 0 Å². The average molecular weight is 162 g/mol. The van der Waals surface area contributed by atoms with Gasteiger partial charge in [-0.1, -0.05) is 0 Å². The molecule has 0 aliphatic heterocycles. The second-order valence-electron chi connectivity index (χ2n) is 1.13. The minimum Gasteiger partial charge on any atom is -0.481 e. The molecule has 11 heavy (non-hydrogen) atoms. The number of hydrogen-bond acceptors (Lipinski definition) is 2. The summed E-state index contributed by atoms with van der Waals surface area (Å²) in [5.41, 5.74) is 13.5. The van der Waals surface area contributed by atoms with Crippen LogP contribution < -0.4 is 0 Å². The van der Waals surface area contributed by atoms with E-state index in [1.807, 2.05) is 0 Å². The van der Waals surface area contributed by atoms with Gasteiger partial charge in [-0.15, -0.1) is 0 Å². The quantitative estimate of drug-likeness (QED) is 0.312. The van der Waals surface area contributed by atoms with E-state index in [9.17, 15) is 0 Å².